The number of H-pyrrole nitrogens is 1. The molecule has 0 aliphatic carbocycles. The van der Waals surface area contributed by atoms with Gasteiger partial charge in [-0.05, 0) is 26.3 Å². The largest absolute Gasteiger partial charge is 0.371 e. The molecule has 1 rings (SSSR count). The molecule has 1 atom stereocenters. The summed E-state index contributed by atoms with van der Waals surface area (Å²) in [5, 5.41) is 3.34. The van der Waals surface area contributed by atoms with Gasteiger partial charge in [0.1, 0.15) is 11.9 Å². The minimum atomic E-state index is 0.102. The molecule has 0 aromatic carbocycles. The van der Waals surface area contributed by atoms with Gasteiger partial charge < -0.3 is 15.0 Å². The highest BCUT2D eigenvalue weighted by Gasteiger charge is 2.12. The summed E-state index contributed by atoms with van der Waals surface area (Å²) in [6.07, 6.45) is 4.09. The van der Waals surface area contributed by atoms with Crippen molar-refractivity contribution < 1.29 is 4.74 Å². The lowest BCUT2D eigenvalue weighted by molar-refractivity contribution is 0.0540. The molecular formula is C12H23N3O. The Morgan fingerprint density at radius 1 is 1.44 bits per heavy atom. The number of rotatable bonds is 8. The zero-order valence-electron chi connectivity index (χ0n) is 10.5. The van der Waals surface area contributed by atoms with E-state index in [1.54, 1.807) is 0 Å². The molecule has 1 unspecified atom stereocenters. The van der Waals surface area contributed by atoms with Gasteiger partial charge in [0.2, 0.25) is 0 Å². The van der Waals surface area contributed by atoms with Crippen molar-refractivity contribution in [3.63, 3.8) is 0 Å². The van der Waals surface area contributed by atoms with Crippen molar-refractivity contribution in [2.45, 2.75) is 46.3 Å². The number of hydrogen-bond donors (Lipinski definition) is 2. The maximum absolute atomic E-state index is 5.60. The second-order valence-electron chi connectivity index (χ2n) is 3.82. The van der Waals surface area contributed by atoms with Crippen LogP contribution in [-0.4, -0.2) is 23.1 Å². The lowest BCUT2D eigenvalue weighted by Crippen LogP contribution is -2.14. The highest BCUT2D eigenvalue weighted by molar-refractivity contribution is 5.03. The average Bonchev–Trinajstić information content (AvgIpc) is 2.75. The van der Waals surface area contributed by atoms with Crippen LogP contribution >= 0.6 is 0 Å². The van der Waals surface area contributed by atoms with E-state index in [1.807, 2.05) is 13.1 Å². The SMILES string of the molecule is CCCNCc1cnc(C(CC)OCC)[nH]1. The summed E-state index contributed by atoms with van der Waals surface area (Å²) in [5.74, 6) is 0.942. The Balaban J connectivity index is 2.48. The Morgan fingerprint density at radius 3 is 2.88 bits per heavy atom. The Hall–Kier alpha value is -0.870. The number of nitrogens with one attached hydrogen (secondary N) is 2. The van der Waals surface area contributed by atoms with Gasteiger partial charge in [-0.2, -0.15) is 0 Å². The molecule has 0 aliphatic heterocycles. The van der Waals surface area contributed by atoms with Crippen LogP contribution < -0.4 is 5.32 Å². The third-order valence-corrected chi connectivity index (χ3v) is 2.43. The molecule has 0 bridgehead atoms. The quantitative estimate of drug-likeness (QED) is 0.668. The van der Waals surface area contributed by atoms with Gasteiger partial charge in [0.15, 0.2) is 0 Å². The van der Waals surface area contributed by atoms with Crippen molar-refractivity contribution in [3.05, 3.63) is 17.7 Å². The topological polar surface area (TPSA) is 49.9 Å². The lowest BCUT2D eigenvalue weighted by Gasteiger charge is -2.11. The second-order valence-corrected chi connectivity index (χ2v) is 3.82. The molecule has 4 heteroatoms. The number of aromatic amines is 1. The molecule has 0 aliphatic rings. The molecule has 0 radical (unpaired) electrons. The maximum atomic E-state index is 5.60. The van der Waals surface area contributed by atoms with E-state index in [1.165, 1.54) is 0 Å². The first kappa shape index (κ1) is 13.2. The molecule has 1 aromatic heterocycles. The van der Waals surface area contributed by atoms with Crippen LogP contribution in [0.4, 0.5) is 0 Å². The van der Waals surface area contributed by atoms with Crippen molar-refractivity contribution in [2.24, 2.45) is 0 Å². The highest BCUT2D eigenvalue weighted by atomic mass is 16.5. The molecule has 0 fully saturated rings. The smallest absolute Gasteiger partial charge is 0.135 e. The van der Waals surface area contributed by atoms with Gasteiger partial charge in [-0.3, -0.25) is 0 Å². The summed E-state index contributed by atoms with van der Waals surface area (Å²) in [7, 11) is 0. The summed E-state index contributed by atoms with van der Waals surface area (Å²) in [6.45, 7) is 8.89. The number of ether oxygens (including phenoxy) is 1. The summed E-state index contributed by atoms with van der Waals surface area (Å²) in [6, 6.07) is 0. The fraction of sp³-hybridized carbons (Fsp3) is 0.750. The first-order valence-corrected chi connectivity index (χ1v) is 6.17. The Labute approximate surface area is 97.8 Å². The average molecular weight is 225 g/mol. The zero-order chi connectivity index (χ0) is 11.8. The van der Waals surface area contributed by atoms with Crippen LogP contribution in [0.25, 0.3) is 0 Å². The van der Waals surface area contributed by atoms with Gasteiger partial charge >= 0.3 is 0 Å². The molecule has 92 valence electrons. The number of imidazole rings is 1. The van der Waals surface area contributed by atoms with Gasteiger partial charge in [-0.15, -0.1) is 0 Å². The molecule has 0 saturated heterocycles. The molecular weight excluding hydrogens is 202 g/mol. The minimum absolute atomic E-state index is 0.102. The van der Waals surface area contributed by atoms with E-state index in [2.05, 4.69) is 29.1 Å². The van der Waals surface area contributed by atoms with E-state index in [4.69, 9.17) is 4.74 Å². The van der Waals surface area contributed by atoms with Crippen molar-refractivity contribution in [1.82, 2.24) is 15.3 Å². The monoisotopic (exact) mass is 225 g/mol. The summed E-state index contributed by atoms with van der Waals surface area (Å²) in [4.78, 5) is 7.67. The van der Waals surface area contributed by atoms with E-state index >= 15 is 0 Å². The van der Waals surface area contributed by atoms with Gasteiger partial charge in [-0.25, -0.2) is 4.98 Å². The number of aromatic nitrogens is 2. The Kier molecular flexibility index (Phi) is 6.11. The van der Waals surface area contributed by atoms with Crippen LogP contribution in [0.1, 0.15) is 51.2 Å². The Bertz CT molecular complexity index is 286. The molecule has 2 N–H and O–H groups in total. The molecule has 1 heterocycles. The third kappa shape index (κ3) is 3.94. The molecule has 0 amide bonds. The van der Waals surface area contributed by atoms with Crippen LogP contribution in [-0.2, 0) is 11.3 Å². The molecule has 4 nitrogen and oxygen atoms in total. The molecule has 0 spiro atoms. The van der Waals surface area contributed by atoms with Crippen molar-refractivity contribution in [3.8, 4) is 0 Å². The van der Waals surface area contributed by atoms with Crippen LogP contribution in [0.2, 0.25) is 0 Å². The second kappa shape index (κ2) is 7.41. The fourth-order valence-corrected chi connectivity index (χ4v) is 1.62. The summed E-state index contributed by atoms with van der Waals surface area (Å²) in [5.41, 5.74) is 1.13. The first-order chi connectivity index (χ1) is 7.81. The van der Waals surface area contributed by atoms with Crippen LogP contribution in [0.5, 0.6) is 0 Å². The van der Waals surface area contributed by atoms with Crippen molar-refractivity contribution >= 4 is 0 Å². The van der Waals surface area contributed by atoms with E-state index < -0.39 is 0 Å². The van der Waals surface area contributed by atoms with Crippen molar-refractivity contribution in [2.75, 3.05) is 13.2 Å². The highest BCUT2D eigenvalue weighted by Crippen LogP contribution is 2.17. The van der Waals surface area contributed by atoms with Gasteiger partial charge in [0.25, 0.3) is 0 Å². The van der Waals surface area contributed by atoms with Gasteiger partial charge in [-0.1, -0.05) is 13.8 Å². The summed E-state index contributed by atoms with van der Waals surface area (Å²) >= 11 is 0. The van der Waals surface area contributed by atoms with Crippen LogP contribution in [0.15, 0.2) is 6.20 Å². The number of hydrogen-bond acceptors (Lipinski definition) is 3. The van der Waals surface area contributed by atoms with Crippen LogP contribution in [0.3, 0.4) is 0 Å². The fourth-order valence-electron chi connectivity index (χ4n) is 1.62. The molecule has 0 saturated carbocycles. The Morgan fingerprint density at radius 2 is 2.25 bits per heavy atom. The van der Waals surface area contributed by atoms with E-state index in [0.717, 1.165) is 44.1 Å². The van der Waals surface area contributed by atoms with Gasteiger partial charge in [0.05, 0.1) is 0 Å². The molecule has 1 aromatic rings. The van der Waals surface area contributed by atoms with E-state index in [-0.39, 0.29) is 6.10 Å². The van der Waals surface area contributed by atoms with Crippen LogP contribution in [0, 0.1) is 0 Å². The van der Waals surface area contributed by atoms with Crippen molar-refractivity contribution in [1.29, 1.82) is 0 Å². The third-order valence-electron chi connectivity index (χ3n) is 2.43. The summed E-state index contributed by atoms with van der Waals surface area (Å²) < 4.78 is 5.60. The first-order valence-electron chi connectivity index (χ1n) is 6.17. The maximum Gasteiger partial charge on any atom is 0.135 e. The van der Waals surface area contributed by atoms with E-state index in [9.17, 15) is 0 Å². The predicted octanol–water partition coefficient (Wildman–Crippen LogP) is 2.40. The normalized spacial score (nSPS) is 12.9. The lowest BCUT2D eigenvalue weighted by atomic mass is 10.2. The molecule has 16 heavy (non-hydrogen) atoms. The van der Waals surface area contributed by atoms with E-state index in [0.29, 0.717) is 0 Å². The number of nitrogens with zero attached hydrogens (tertiary/aromatic N) is 1. The standard InChI is InChI=1S/C12H23N3O/c1-4-7-13-8-10-9-14-12(15-10)11(5-2)16-6-3/h9,11,13H,4-8H2,1-3H3,(H,14,15). The minimum Gasteiger partial charge on any atom is -0.371 e. The zero-order valence-corrected chi connectivity index (χ0v) is 10.5. The van der Waals surface area contributed by atoms with Gasteiger partial charge in [0, 0.05) is 25.0 Å². The predicted molar refractivity (Wildman–Crippen MR) is 65.2 cm³/mol.